The third-order valence-electron chi connectivity index (χ3n) is 5.45. The molecule has 2 saturated heterocycles. The van der Waals surface area contributed by atoms with E-state index in [9.17, 15) is 0 Å². The number of ether oxygens (including phenoxy) is 1. The van der Waals surface area contributed by atoms with Gasteiger partial charge in [0.05, 0.1) is 12.1 Å². The molecule has 3 fully saturated rings. The van der Waals surface area contributed by atoms with E-state index in [4.69, 9.17) is 9.26 Å². The van der Waals surface area contributed by atoms with Crippen LogP contribution in [0.15, 0.2) is 4.52 Å². The Balaban J connectivity index is 1.26. The summed E-state index contributed by atoms with van der Waals surface area (Å²) in [6.07, 6.45) is 6.66. The van der Waals surface area contributed by atoms with Crippen molar-refractivity contribution >= 4 is 0 Å². The number of rotatable bonds is 5. The van der Waals surface area contributed by atoms with E-state index in [0.717, 1.165) is 51.0 Å². The Morgan fingerprint density at radius 1 is 1.13 bits per heavy atom. The molecule has 128 valence electrons. The van der Waals surface area contributed by atoms with Crippen LogP contribution in [0.1, 0.15) is 62.7 Å². The lowest BCUT2D eigenvalue weighted by Crippen LogP contribution is -2.49. The maximum absolute atomic E-state index is 5.87. The molecule has 0 spiro atoms. The molecular formula is C17H28N4O2. The number of piperazine rings is 1. The van der Waals surface area contributed by atoms with Crippen LogP contribution >= 0.6 is 0 Å². The normalized spacial score (nSPS) is 28.8. The van der Waals surface area contributed by atoms with Crippen LogP contribution in [-0.2, 0) is 4.74 Å². The molecule has 2 atom stereocenters. The van der Waals surface area contributed by atoms with Gasteiger partial charge < -0.3 is 9.26 Å². The van der Waals surface area contributed by atoms with Gasteiger partial charge in [0, 0.05) is 45.2 Å². The van der Waals surface area contributed by atoms with Crippen molar-refractivity contribution in [3.05, 3.63) is 11.7 Å². The van der Waals surface area contributed by atoms with E-state index in [-0.39, 0.29) is 6.04 Å². The van der Waals surface area contributed by atoms with Crippen LogP contribution in [0, 0.1) is 0 Å². The van der Waals surface area contributed by atoms with Crippen LogP contribution < -0.4 is 0 Å². The molecule has 1 aliphatic carbocycles. The molecule has 1 aromatic heterocycles. The molecule has 2 unspecified atom stereocenters. The highest BCUT2D eigenvalue weighted by molar-refractivity contribution is 5.04. The Kier molecular flexibility index (Phi) is 4.64. The van der Waals surface area contributed by atoms with Gasteiger partial charge >= 0.3 is 0 Å². The predicted octanol–water partition coefficient (Wildman–Crippen LogP) is 2.19. The number of hydrogen-bond donors (Lipinski definition) is 0. The standard InChI is InChI=1S/C17H28N4O2/c1-13(17-18-16(19-23-17)14-5-6-14)21-9-7-20(8-10-21)12-15-4-2-3-11-22-15/h13-15H,2-12H2,1H3. The zero-order valence-electron chi connectivity index (χ0n) is 14.1. The summed E-state index contributed by atoms with van der Waals surface area (Å²) in [5.74, 6) is 2.27. The maximum atomic E-state index is 5.87. The molecule has 0 amide bonds. The van der Waals surface area contributed by atoms with Gasteiger partial charge in [-0.05, 0) is 39.0 Å². The lowest BCUT2D eigenvalue weighted by atomic mass is 10.1. The Morgan fingerprint density at radius 2 is 1.96 bits per heavy atom. The van der Waals surface area contributed by atoms with E-state index in [1.807, 2.05) is 0 Å². The minimum atomic E-state index is 0.225. The zero-order valence-corrected chi connectivity index (χ0v) is 14.1. The Morgan fingerprint density at radius 3 is 2.65 bits per heavy atom. The molecule has 3 heterocycles. The molecule has 0 aromatic carbocycles. The van der Waals surface area contributed by atoms with Crippen molar-refractivity contribution in [3.63, 3.8) is 0 Å². The fourth-order valence-electron chi connectivity index (χ4n) is 3.65. The summed E-state index contributed by atoms with van der Waals surface area (Å²) in [4.78, 5) is 9.61. The highest BCUT2D eigenvalue weighted by Crippen LogP contribution is 2.38. The summed E-state index contributed by atoms with van der Waals surface area (Å²) < 4.78 is 11.4. The van der Waals surface area contributed by atoms with Crippen molar-refractivity contribution in [2.45, 2.75) is 57.1 Å². The van der Waals surface area contributed by atoms with Gasteiger partial charge in [0.1, 0.15) is 0 Å². The van der Waals surface area contributed by atoms with Crippen molar-refractivity contribution in [1.29, 1.82) is 0 Å². The van der Waals surface area contributed by atoms with Crippen LogP contribution in [0.5, 0.6) is 0 Å². The second-order valence-corrected chi connectivity index (χ2v) is 7.27. The number of aromatic nitrogens is 2. The predicted molar refractivity (Wildman–Crippen MR) is 86.3 cm³/mol. The topological polar surface area (TPSA) is 54.6 Å². The van der Waals surface area contributed by atoms with Crippen LogP contribution in [0.3, 0.4) is 0 Å². The highest BCUT2D eigenvalue weighted by Gasteiger charge is 2.31. The Bertz CT molecular complexity index is 502. The van der Waals surface area contributed by atoms with Gasteiger partial charge in [-0.25, -0.2) is 0 Å². The monoisotopic (exact) mass is 320 g/mol. The molecule has 0 radical (unpaired) electrons. The third kappa shape index (κ3) is 3.75. The van der Waals surface area contributed by atoms with E-state index in [1.54, 1.807) is 0 Å². The van der Waals surface area contributed by atoms with E-state index in [1.165, 1.54) is 32.1 Å². The fraction of sp³-hybridized carbons (Fsp3) is 0.882. The summed E-state index contributed by atoms with van der Waals surface area (Å²) >= 11 is 0. The first-order valence-corrected chi connectivity index (χ1v) is 9.21. The molecule has 4 rings (SSSR count). The van der Waals surface area contributed by atoms with Gasteiger partial charge in [-0.15, -0.1) is 0 Å². The number of hydrogen-bond acceptors (Lipinski definition) is 6. The van der Waals surface area contributed by atoms with Gasteiger partial charge in [-0.2, -0.15) is 4.98 Å². The largest absolute Gasteiger partial charge is 0.377 e. The van der Waals surface area contributed by atoms with E-state index < -0.39 is 0 Å². The average molecular weight is 320 g/mol. The minimum absolute atomic E-state index is 0.225. The van der Waals surface area contributed by atoms with E-state index >= 15 is 0 Å². The average Bonchev–Trinajstić information content (AvgIpc) is 3.33. The molecular weight excluding hydrogens is 292 g/mol. The molecule has 0 bridgehead atoms. The SMILES string of the molecule is CC(c1nc(C2CC2)no1)N1CCN(CC2CCCCO2)CC1. The van der Waals surface area contributed by atoms with Crippen LogP contribution in [0.4, 0.5) is 0 Å². The minimum Gasteiger partial charge on any atom is -0.377 e. The maximum Gasteiger partial charge on any atom is 0.243 e. The molecule has 1 saturated carbocycles. The quantitative estimate of drug-likeness (QED) is 0.829. The summed E-state index contributed by atoms with van der Waals surface area (Å²) in [7, 11) is 0. The highest BCUT2D eigenvalue weighted by atomic mass is 16.5. The summed E-state index contributed by atoms with van der Waals surface area (Å²) in [5.41, 5.74) is 0. The summed E-state index contributed by atoms with van der Waals surface area (Å²) in [6.45, 7) is 8.56. The molecule has 1 aromatic rings. The fourth-order valence-corrected chi connectivity index (χ4v) is 3.65. The first kappa shape index (κ1) is 15.5. The van der Waals surface area contributed by atoms with Crippen molar-refractivity contribution in [1.82, 2.24) is 19.9 Å². The van der Waals surface area contributed by atoms with E-state index in [0.29, 0.717) is 12.0 Å². The number of nitrogens with zero attached hydrogens (tertiary/aromatic N) is 4. The van der Waals surface area contributed by atoms with Crippen molar-refractivity contribution < 1.29 is 9.26 Å². The van der Waals surface area contributed by atoms with Crippen LogP contribution in [0.2, 0.25) is 0 Å². The molecule has 23 heavy (non-hydrogen) atoms. The van der Waals surface area contributed by atoms with Crippen LogP contribution in [-0.4, -0.2) is 65.4 Å². The lowest BCUT2D eigenvalue weighted by Gasteiger charge is -2.38. The van der Waals surface area contributed by atoms with Gasteiger partial charge in [-0.3, -0.25) is 9.80 Å². The smallest absolute Gasteiger partial charge is 0.243 e. The van der Waals surface area contributed by atoms with Crippen LogP contribution in [0.25, 0.3) is 0 Å². The van der Waals surface area contributed by atoms with Crippen molar-refractivity contribution in [3.8, 4) is 0 Å². The molecule has 6 nitrogen and oxygen atoms in total. The van der Waals surface area contributed by atoms with Crippen molar-refractivity contribution in [2.24, 2.45) is 0 Å². The summed E-state index contributed by atoms with van der Waals surface area (Å²) in [6, 6.07) is 0.225. The second kappa shape index (κ2) is 6.87. The second-order valence-electron chi connectivity index (χ2n) is 7.27. The first-order valence-electron chi connectivity index (χ1n) is 9.21. The van der Waals surface area contributed by atoms with Gasteiger partial charge in [-0.1, -0.05) is 5.16 Å². The first-order chi connectivity index (χ1) is 11.3. The van der Waals surface area contributed by atoms with Gasteiger partial charge in [0.2, 0.25) is 5.89 Å². The van der Waals surface area contributed by atoms with E-state index in [2.05, 4.69) is 26.9 Å². The van der Waals surface area contributed by atoms with Crippen molar-refractivity contribution in [2.75, 3.05) is 39.3 Å². The Labute approximate surface area is 138 Å². The Hall–Kier alpha value is -0.980. The molecule has 6 heteroatoms. The lowest BCUT2D eigenvalue weighted by molar-refractivity contribution is -0.0175. The molecule has 3 aliphatic rings. The third-order valence-corrected chi connectivity index (χ3v) is 5.45. The zero-order chi connectivity index (χ0) is 15.6. The van der Waals surface area contributed by atoms with Gasteiger partial charge in [0.15, 0.2) is 5.82 Å². The molecule has 0 N–H and O–H groups in total. The van der Waals surface area contributed by atoms with Gasteiger partial charge in [0.25, 0.3) is 0 Å². The summed E-state index contributed by atoms with van der Waals surface area (Å²) in [5, 5.41) is 4.15. The molecule has 2 aliphatic heterocycles.